The first-order valence-electron chi connectivity index (χ1n) is 9.95. The molecule has 1 aromatic rings. The van der Waals surface area contributed by atoms with Crippen molar-refractivity contribution >= 4 is 0 Å². The number of rotatable bonds is 2. The molecule has 0 bridgehead atoms. The van der Waals surface area contributed by atoms with E-state index in [1.807, 2.05) is 6.07 Å². The first-order valence-corrected chi connectivity index (χ1v) is 9.95. The summed E-state index contributed by atoms with van der Waals surface area (Å²) in [5.74, 6) is 3.41. The van der Waals surface area contributed by atoms with E-state index in [-0.39, 0.29) is 16.9 Å². The maximum absolute atomic E-state index is 6.56. The highest BCUT2D eigenvalue weighted by Gasteiger charge is 2.55. The molecule has 3 heteroatoms. The third-order valence-electron chi connectivity index (χ3n) is 7.23. The Hall–Kier alpha value is -1.64. The van der Waals surface area contributed by atoms with Crippen LogP contribution in [0.5, 0.6) is 17.2 Å². The van der Waals surface area contributed by atoms with Crippen molar-refractivity contribution in [1.29, 1.82) is 0 Å². The van der Waals surface area contributed by atoms with Crippen LogP contribution in [0.25, 0.3) is 0 Å². The van der Waals surface area contributed by atoms with Crippen LogP contribution in [0.2, 0.25) is 0 Å². The lowest BCUT2D eigenvalue weighted by Crippen LogP contribution is -2.42. The Bertz CT molecular complexity index is 748. The van der Waals surface area contributed by atoms with Crippen molar-refractivity contribution in [2.75, 3.05) is 14.2 Å². The number of ether oxygens (including phenoxy) is 3. The van der Waals surface area contributed by atoms with Gasteiger partial charge in [0.25, 0.3) is 0 Å². The summed E-state index contributed by atoms with van der Waals surface area (Å²) in [5.41, 5.74) is 3.34. The van der Waals surface area contributed by atoms with Crippen molar-refractivity contribution in [2.45, 2.75) is 65.4 Å². The molecule has 0 N–H and O–H groups in total. The Balaban J connectivity index is 1.89. The predicted octanol–water partition coefficient (Wildman–Crippen LogP) is 5.73. The number of hydrogen-bond donors (Lipinski definition) is 0. The van der Waals surface area contributed by atoms with Gasteiger partial charge in [-0.3, -0.25) is 0 Å². The van der Waals surface area contributed by atoms with E-state index < -0.39 is 0 Å². The summed E-state index contributed by atoms with van der Waals surface area (Å²) < 4.78 is 17.7. The molecule has 0 spiro atoms. The Morgan fingerprint density at radius 1 is 1.04 bits per heavy atom. The predicted molar refractivity (Wildman–Crippen MR) is 104 cm³/mol. The topological polar surface area (TPSA) is 27.7 Å². The first kappa shape index (κ1) is 17.8. The molecule has 142 valence electrons. The van der Waals surface area contributed by atoms with Crippen molar-refractivity contribution in [2.24, 2.45) is 16.7 Å². The minimum Gasteiger partial charge on any atom is -0.493 e. The van der Waals surface area contributed by atoms with Crippen LogP contribution in [-0.4, -0.2) is 20.3 Å². The van der Waals surface area contributed by atoms with Crippen molar-refractivity contribution < 1.29 is 14.2 Å². The summed E-state index contributed by atoms with van der Waals surface area (Å²) in [6.45, 7) is 9.66. The molecular weight excluding hydrogens is 324 g/mol. The van der Waals surface area contributed by atoms with E-state index in [0.29, 0.717) is 11.8 Å². The monoisotopic (exact) mass is 356 g/mol. The molecule has 0 aromatic heterocycles. The van der Waals surface area contributed by atoms with Gasteiger partial charge in [-0.15, -0.1) is 0 Å². The van der Waals surface area contributed by atoms with Gasteiger partial charge < -0.3 is 14.2 Å². The third kappa shape index (κ3) is 2.39. The van der Waals surface area contributed by atoms with Gasteiger partial charge in [0.1, 0.15) is 11.9 Å². The van der Waals surface area contributed by atoms with Crippen LogP contribution in [0.1, 0.15) is 64.9 Å². The summed E-state index contributed by atoms with van der Waals surface area (Å²) in [6, 6.07) is 4.19. The van der Waals surface area contributed by atoms with Gasteiger partial charge in [-0.25, -0.2) is 0 Å². The molecule has 1 aromatic carbocycles. The van der Waals surface area contributed by atoms with Crippen molar-refractivity contribution in [3.05, 3.63) is 29.3 Å². The molecule has 3 aliphatic rings. The largest absolute Gasteiger partial charge is 0.493 e. The lowest BCUT2D eigenvalue weighted by Gasteiger charge is -2.49. The molecule has 2 aliphatic carbocycles. The van der Waals surface area contributed by atoms with Crippen LogP contribution >= 0.6 is 0 Å². The molecule has 26 heavy (non-hydrogen) atoms. The lowest BCUT2D eigenvalue weighted by atomic mass is 9.54. The van der Waals surface area contributed by atoms with Crippen molar-refractivity contribution in [3.8, 4) is 17.2 Å². The van der Waals surface area contributed by atoms with Crippen LogP contribution in [0.15, 0.2) is 23.8 Å². The molecule has 0 saturated heterocycles. The molecule has 4 atom stereocenters. The second-order valence-corrected chi connectivity index (χ2v) is 9.29. The first-order chi connectivity index (χ1) is 12.3. The Morgan fingerprint density at radius 2 is 1.73 bits per heavy atom. The highest BCUT2D eigenvalue weighted by Crippen LogP contribution is 2.64. The highest BCUT2D eigenvalue weighted by molar-refractivity contribution is 5.56. The van der Waals surface area contributed by atoms with E-state index in [1.54, 1.807) is 19.8 Å². The number of hydrogen-bond acceptors (Lipinski definition) is 3. The number of fused-ring (bicyclic) bond motifs is 5. The van der Waals surface area contributed by atoms with Gasteiger partial charge in [0, 0.05) is 17.5 Å². The zero-order chi connectivity index (χ0) is 18.7. The smallest absolute Gasteiger partial charge is 0.164 e. The van der Waals surface area contributed by atoms with E-state index in [0.717, 1.165) is 23.7 Å². The molecule has 0 radical (unpaired) electrons. The number of allylic oxidation sites excluding steroid dienone is 2. The van der Waals surface area contributed by atoms with Crippen LogP contribution in [0.4, 0.5) is 0 Å². The molecule has 1 aliphatic heterocycles. The number of methoxy groups -OCH3 is 2. The maximum atomic E-state index is 6.56. The van der Waals surface area contributed by atoms with Crippen LogP contribution < -0.4 is 14.2 Å². The number of benzene rings is 1. The van der Waals surface area contributed by atoms with Gasteiger partial charge in [-0.1, -0.05) is 45.8 Å². The fraction of sp³-hybridized carbons (Fsp3) is 0.652. The van der Waals surface area contributed by atoms with Crippen LogP contribution in [0, 0.1) is 16.7 Å². The fourth-order valence-electron chi connectivity index (χ4n) is 5.97. The SMILES string of the molecule is COc1cc2c(cc1OC)C1C(O2)[C@H](C)CC=C2C(C)(C)CCC[C@@]21C. The molecule has 1 heterocycles. The van der Waals surface area contributed by atoms with E-state index in [1.165, 1.54) is 24.8 Å². The van der Waals surface area contributed by atoms with E-state index in [2.05, 4.69) is 39.8 Å². The minimum atomic E-state index is 0.141. The summed E-state index contributed by atoms with van der Waals surface area (Å²) in [6.07, 6.45) is 7.65. The average molecular weight is 357 g/mol. The summed E-state index contributed by atoms with van der Waals surface area (Å²) in [4.78, 5) is 0. The second kappa shape index (κ2) is 5.94. The lowest BCUT2D eigenvalue weighted by molar-refractivity contribution is 0.0781. The minimum absolute atomic E-state index is 0.141. The molecule has 2 unspecified atom stereocenters. The van der Waals surface area contributed by atoms with Crippen molar-refractivity contribution in [3.63, 3.8) is 0 Å². The van der Waals surface area contributed by atoms with Crippen LogP contribution in [-0.2, 0) is 0 Å². The van der Waals surface area contributed by atoms with Gasteiger partial charge in [0.15, 0.2) is 11.5 Å². The van der Waals surface area contributed by atoms with E-state index in [4.69, 9.17) is 14.2 Å². The molecule has 1 fully saturated rings. The maximum Gasteiger partial charge on any atom is 0.164 e. The molecule has 1 saturated carbocycles. The highest BCUT2D eigenvalue weighted by atomic mass is 16.5. The van der Waals surface area contributed by atoms with Gasteiger partial charge in [-0.2, -0.15) is 0 Å². The molecular formula is C23H32O3. The van der Waals surface area contributed by atoms with E-state index >= 15 is 0 Å². The average Bonchev–Trinajstić information content (AvgIpc) is 2.93. The Labute approximate surface area is 157 Å². The van der Waals surface area contributed by atoms with Gasteiger partial charge in [-0.05, 0) is 42.1 Å². The van der Waals surface area contributed by atoms with Gasteiger partial charge in [0.2, 0.25) is 0 Å². The quantitative estimate of drug-likeness (QED) is 0.633. The Morgan fingerprint density at radius 3 is 2.42 bits per heavy atom. The summed E-state index contributed by atoms with van der Waals surface area (Å²) in [5, 5.41) is 0. The van der Waals surface area contributed by atoms with Gasteiger partial charge >= 0.3 is 0 Å². The molecule has 0 amide bonds. The standard InChI is InChI=1S/C23H32O3/c1-14-8-9-19-22(2,3)10-7-11-23(19,4)20-15-12-17(24-5)18(25-6)13-16(15)26-21(14)20/h9,12-14,20-21H,7-8,10-11H2,1-6H3/t14-,20?,21?,23+/m1/s1. The van der Waals surface area contributed by atoms with Gasteiger partial charge in [0.05, 0.1) is 14.2 Å². The Kier molecular flexibility index (Phi) is 4.05. The molecule has 3 nitrogen and oxygen atoms in total. The normalized spacial score (nSPS) is 34.5. The second-order valence-electron chi connectivity index (χ2n) is 9.29. The third-order valence-corrected chi connectivity index (χ3v) is 7.23. The summed E-state index contributed by atoms with van der Waals surface area (Å²) in [7, 11) is 3.40. The summed E-state index contributed by atoms with van der Waals surface area (Å²) >= 11 is 0. The van der Waals surface area contributed by atoms with E-state index in [9.17, 15) is 0 Å². The zero-order valence-corrected chi connectivity index (χ0v) is 17.0. The van der Waals surface area contributed by atoms with Crippen LogP contribution in [0.3, 0.4) is 0 Å². The van der Waals surface area contributed by atoms with Crippen molar-refractivity contribution in [1.82, 2.24) is 0 Å². The fourth-order valence-corrected chi connectivity index (χ4v) is 5.97. The zero-order valence-electron chi connectivity index (χ0n) is 17.0. The molecule has 4 rings (SSSR count).